The summed E-state index contributed by atoms with van der Waals surface area (Å²) in [6, 6.07) is 6.31. The molecule has 1 aromatic carbocycles. The smallest absolute Gasteiger partial charge is 0.330 e. The molecule has 0 unspecified atom stereocenters. The minimum atomic E-state index is -4.19. The van der Waals surface area contributed by atoms with Crippen LogP contribution in [-0.2, 0) is 20.9 Å². The molecule has 0 aromatic heterocycles. The van der Waals surface area contributed by atoms with Crippen LogP contribution in [-0.4, -0.2) is 43.6 Å². The van der Waals surface area contributed by atoms with Crippen LogP contribution in [0.3, 0.4) is 0 Å². The Kier molecular flexibility index (Phi) is 6.74. The van der Waals surface area contributed by atoms with E-state index in [1.54, 1.807) is 18.2 Å². The molecule has 0 radical (unpaired) electrons. The average Bonchev–Trinajstić information content (AvgIpc) is 3.04. The number of ether oxygens (including phenoxy) is 2. The summed E-state index contributed by atoms with van der Waals surface area (Å²) in [7, 11) is 0. The van der Waals surface area contributed by atoms with Crippen molar-refractivity contribution in [2.45, 2.75) is 44.0 Å². The largest absolute Gasteiger partial charge is 0.370 e. The Morgan fingerprint density at radius 1 is 1.40 bits per heavy atom. The van der Waals surface area contributed by atoms with Gasteiger partial charge in [-0.3, -0.25) is 4.79 Å². The molecule has 1 fully saturated rings. The Hall–Kier alpha value is -1.71. The van der Waals surface area contributed by atoms with Gasteiger partial charge in [0.2, 0.25) is 0 Å². The summed E-state index contributed by atoms with van der Waals surface area (Å²) in [5.74, 6) is -4.51. The first-order valence-electron chi connectivity index (χ1n) is 7.81. The standard InChI is InChI=1S/C16H20F4N2O3/c17-15(18)16(19,20)9-24-8-10-2-1-3-11(6-10)22-14(23)13-5-4-12(7-21)25-13/h1-3,6,12-13,15H,4-5,7-9,21H2,(H,22,23)/t12-,13+/m1/s1. The quantitative estimate of drug-likeness (QED) is 0.696. The first-order chi connectivity index (χ1) is 11.8. The van der Waals surface area contributed by atoms with Crippen LogP contribution in [0, 0.1) is 0 Å². The number of carbonyl (C=O) groups excluding carboxylic acids is 1. The van der Waals surface area contributed by atoms with Crippen molar-refractivity contribution in [3.63, 3.8) is 0 Å². The van der Waals surface area contributed by atoms with Gasteiger partial charge in [-0.15, -0.1) is 0 Å². The SMILES string of the molecule is NC[C@H]1CC[C@@H](C(=O)Nc2cccc(COCC(F)(F)C(F)F)c2)O1. The van der Waals surface area contributed by atoms with Gasteiger partial charge in [-0.05, 0) is 30.5 Å². The monoisotopic (exact) mass is 364 g/mol. The Bertz CT molecular complexity index is 586. The van der Waals surface area contributed by atoms with Gasteiger partial charge in [-0.25, -0.2) is 8.78 Å². The number of rotatable bonds is 8. The van der Waals surface area contributed by atoms with Gasteiger partial charge < -0.3 is 20.5 Å². The zero-order valence-corrected chi connectivity index (χ0v) is 13.4. The third-order valence-electron chi connectivity index (χ3n) is 3.74. The lowest BCUT2D eigenvalue weighted by atomic mass is 10.1. The molecular formula is C16H20F4N2O3. The fourth-order valence-corrected chi connectivity index (χ4v) is 2.40. The highest BCUT2D eigenvalue weighted by Crippen LogP contribution is 2.24. The van der Waals surface area contributed by atoms with Crippen LogP contribution in [0.25, 0.3) is 0 Å². The van der Waals surface area contributed by atoms with Crippen molar-refractivity contribution in [3.05, 3.63) is 29.8 Å². The maximum atomic E-state index is 12.8. The normalized spacial score (nSPS) is 20.9. The zero-order chi connectivity index (χ0) is 18.4. The number of hydrogen-bond donors (Lipinski definition) is 2. The van der Waals surface area contributed by atoms with Gasteiger partial charge in [-0.1, -0.05) is 12.1 Å². The molecule has 5 nitrogen and oxygen atoms in total. The van der Waals surface area contributed by atoms with Gasteiger partial charge in [0, 0.05) is 12.2 Å². The average molecular weight is 364 g/mol. The van der Waals surface area contributed by atoms with Crippen molar-refractivity contribution in [2.75, 3.05) is 18.5 Å². The van der Waals surface area contributed by atoms with Gasteiger partial charge >= 0.3 is 12.3 Å². The van der Waals surface area contributed by atoms with Crippen LogP contribution in [0.2, 0.25) is 0 Å². The second-order valence-electron chi connectivity index (χ2n) is 5.80. The number of nitrogens with one attached hydrogen (secondary N) is 1. The highest BCUT2D eigenvalue weighted by molar-refractivity contribution is 5.94. The van der Waals surface area contributed by atoms with E-state index < -0.39 is 25.1 Å². The van der Waals surface area contributed by atoms with Crippen molar-refractivity contribution >= 4 is 11.6 Å². The summed E-state index contributed by atoms with van der Waals surface area (Å²) < 4.78 is 59.8. The van der Waals surface area contributed by atoms with E-state index in [2.05, 4.69) is 10.1 Å². The molecule has 140 valence electrons. The molecule has 0 bridgehead atoms. The summed E-state index contributed by atoms with van der Waals surface area (Å²) in [6.07, 6.45) is -3.22. The molecule has 1 amide bonds. The zero-order valence-electron chi connectivity index (χ0n) is 13.4. The molecule has 1 heterocycles. The molecule has 3 N–H and O–H groups in total. The molecule has 2 atom stereocenters. The van der Waals surface area contributed by atoms with Crippen molar-refractivity contribution in [3.8, 4) is 0 Å². The topological polar surface area (TPSA) is 73.6 Å². The molecule has 0 spiro atoms. The van der Waals surface area contributed by atoms with Crippen LogP contribution in [0.4, 0.5) is 23.2 Å². The molecule has 1 saturated heterocycles. The van der Waals surface area contributed by atoms with Crippen molar-refractivity contribution in [1.29, 1.82) is 0 Å². The van der Waals surface area contributed by atoms with Gasteiger partial charge in [0.05, 0.1) is 12.7 Å². The van der Waals surface area contributed by atoms with Crippen LogP contribution >= 0.6 is 0 Å². The van der Waals surface area contributed by atoms with Gasteiger partial charge in [-0.2, -0.15) is 8.78 Å². The molecule has 9 heteroatoms. The van der Waals surface area contributed by atoms with E-state index in [9.17, 15) is 22.4 Å². The predicted octanol–water partition coefficient (Wildman–Crippen LogP) is 2.55. The van der Waals surface area contributed by atoms with E-state index in [1.165, 1.54) is 6.07 Å². The first-order valence-corrected chi connectivity index (χ1v) is 7.81. The maximum Gasteiger partial charge on any atom is 0.330 e. The number of nitrogens with two attached hydrogens (primary N) is 1. The predicted molar refractivity (Wildman–Crippen MR) is 82.6 cm³/mol. The molecule has 1 aliphatic rings. The number of carbonyl (C=O) groups is 1. The fourth-order valence-electron chi connectivity index (χ4n) is 2.40. The summed E-state index contributed by atoms with van der Waals surface area (Å²) in [4.78, 5) is 12.1. The highest BCUT2D eigenvalue weighted by atomic mass is 19.3. The fraction of sp³-hybridized carbons (Fsp3) is 0.562. The second kappa shape index (κ2) is 8.59. The number of hydrogen-bond acceptors (Lipinski definition) is 4. The van der Waals surface area contributed by atoms with Crippen molar-refractivity contribution in [1.82, 2.24) is 0 Å². The van der Waals surface area contributed by atoms with E-state index in [0.29, 0.717) is 30.6 Å². The molecule has 2 rings (SSSR count). The van der Waals surface area contributed by atoms with Gasteiger partial charge in [0.25, 0.3) is 5.91 Å². The van der Waals surface area contributed by atoms with E-state index in [-0.39, 0.29) is 18.6 Å². The summed E-state index contributed by atoms with van der Waals surface area (Å²) in [5.41, 5.74) is 6.40. The van der Waals surface area contributed by atoms with E-state index >= 15 is 0 Å². The van der Waals surface area contributed by atoms with E-state index in [0.717, 1.165) is 0 Å². The summed E-state index contributed by atoms with van der Waals surface area (Å²) in [6.45, 7) is -1.31. The van der Waals surface area contributed by atoms with E-state index in [1.807, 2.05) is 0 Å². The van der Waals surface area contributed by atoms with Crippen molar-refractivity contribution in [2.24, 2.45) is 5.73 Å². The minimum absolute atomic E-state index is 0.132. The van der Waals surface area contributed by atoms with Crippen LogP contribution in [0.5, 0.6) is 0 Å². The van der Waals surface area contributed by atoms with Crippen LogP contribution in [0.15, 0.2) is 24.3 Å². The lowest BCUT2D eigenvalue weighted by molar-refractivity contribution is -0.168. The van der Waals surface area contributed by atoms with Gasteiger partial charge in [0.15, 0.2) is 0 Å². The van der Waals surface area contributed by atoms with Gasteiger partial charge in [0.1, 0.15) is 12.7 Å². The summed E-state index contributed by atoms with van der Waals surface area (Å²) >= 11 is 0. The highest BCUT2D eigenvalue weighted by Gasteiger charge is 2.40. The first kappa shape index (κ1) is 19.6. The lowest BCUT2D eigenvalue weighted by Crippen LogP contribution is -2.32. The summed E-state index contributed by atoms with van der Waals surface area (Å²) in [5, 5.41) is 2.67. The Morgan fingerprint density at radius 3 is 2.80 bits per heavy atom. The van der Waals surface area contributed by atoms with Crippen LogP contribution < -0.4 is 11.1 Å². The van der Waals surface area contributed by atoms with Crippen LogP contribution in [0.1, 0.15) is 18.4 Å². The third kappa shape index (κ3) is 5.65. The number of benzene rings is 1. The lowest BCUT2D eigenvalue weighted by Gasteiger charge is -2.16. The third-order valence-corrected chi connectivity index (χ3v) is 3.74. The Balaban J connectivity index is 1.85. The minimum Gasteiger partial charge on any atom is -0.370 e. The van der Waals surface area contributed by atoms with E-state index in [4.69, 9.17) is 10.5 Å². The Morgan fingerprint density at radius 2 is 2.16 bits per heavy atom. The second-order valence-corrected chi connectivity index (χ2v) is 5.80. The maximum absolute atomic E-state index is 12.8. The molecule has 1 aromatic rings. The number of anilines is 1. The van der Waals surface area contributed by atoms with Crippen molar-refractivity contribution < 1.29 is 31.8 Å². The molecule has 25 heavy (non-hydrogen) atoms. The molecule has 0 aliphatic carbocycles. The molecule has 0 saturated carbocycles. The number of amides is 1. The number of halogens is 4. The Labute approximate surface area is 142 Å². The number of alkyl halides is 4. The molecule has 1 aliphatic heterocycles. The molecular weight excluding hydrogens is 344 g/mol.